The molecule has 1 rings (SSSR count). The van der Waals surface area contributed by atoms with Crippen LogP contribution < -0.4 is 0 Å². The Morgan fingerprint density at radius 3 is 1.43 bits per heavy atom. The molecule has 0 aromatic rings. The largest absolute Gasteiger partial charge is 0.462 e. The highest BCUT2D eigenvalue weighted by molar-refractivity contribution is 7.85. The average molecular weight is 911 g/mol. The van der Waals surface area contributed by atoms with Gasteiger partial charge in [0.15, 0.2) is 12.4 Å². The zero-order chi connectivity index (χ0) is 46.2. The highest BCUT2D eigenvalue weighted by Crippen LogP contribution is 2.24. The minimum absolute atomic E-state index is 0.0682. The van der Waals surface area contributed by atoms with Gasteiger partial charge in [-0.05, 0) is 38.5 Å². The lowest BCUT2D eigenvalue weighted by Crippen LogP contribution is -2.60. The highest BCUT2D eigenvalue weighted by Gasteiger charge is 2.46. The van der Waals surface area contributed by atoms with Gasteiger partial charge in [-0.25, -0.2) is 0 Å². The van der Waals surface area contributed by atoms with Crippen LogP contribution in [0.3, 0.4) is 0 Å². The Hall–Kier alpha value is -2.65. The van der Waals surface area contributed by atoms with Crippen LogP contribution in [0.15, 0.2) is 60.8 Å². The number of ether oxygens (including phenoxy) is 4. The summed E-state index contributed by atoms with van der Waals surface area (Å²) >= 11 is 0. The summed E-state index contributed by atoms with van der Waals surface area (Å²) in [5.74, 6) is -2.14. The molecule has 63 heavy (non-hydrogen) atoms. The maximum atomic E-state index is 12.8. The van der Waals surface area contributed by atoms with Crippen LogP contribution in [0, 0.1) is 0 Å². The second-order valence-electron chi connectivity index (χ2n) is 16.8. The van der Waals surface area contributed by atoms with Crippen LogP contribution in [-0.4, -0.2) is 96.0 Å². The molecule has 0 bridgehead atoms. The number of rotatable bonds is 40. The van der Waals surface area contributed by atoms with Crippen LogP contribution in [0.1, 0.15) is 187 Å². The average Bonchev–Trinajstić information content (AvgIpc) is 3.25. The molecule has 0 aromatic carbocycles. The fraction of sp³-hybridized carbons (Fsp3) is 0.760. The highest BCUT2D eigenvalue weighted by atomic mass is 32.2. The number of esters is 2. The van der Waals surface area contributed by atoms with Crippen LogP contribution in [-0.2, 0) is 38.7 Å². The fourth-order valence-electron chi connectivity index (χ4n) is 7.16. The molecule has 0 aliphatic carbocycles. The summed E-state index contributed by atoms with van der Waals surface area (Å²) in [5, 5.41) is 30.9. The normalized spacial score (nSPS) is 20.3. The monoisotopic (exact) mass is 911 g/mol. The maximum Gasteiger partial charge on any atom is 0.310 e. The molecule has 1 heterocycles. The predicted octanol–water partition coefficient (Wildman–Crippen LogP) is 10.5. The van der Waals surface area contributed by atoms with Gasteiger partial charge in [0.2, 0.25) is 0 Å². The number of allylic oxidation sites excluding steroid dienone is 9. The van der Waals surface area contributed by atoms with Crippen molar-refractivity contribution in [1.82, 2.24) is 0 Å². The Morgan fingerprint density at radius 2 is 0.984 bits per heavy atom. The van der Waals surface area contributed by atoms with E-state index in [1.165, 1.54) is 103 Å². The van der Waals surface area contributed by atoms with Crippen LogP contribution in [0.2, 0.25) is 0 Å². The molecule has 364 valence electrons. The Labute approximate surface area is 381 Å². The van der Waals surface area contributed by atoms with Gasteiger partial charge >= 0.3 is 11.9 Å². The van der Waals surface area contributed by atoms with E-state index in [0.717, 1.165) is 44.9 Å². The molecule has 1 aliphatic heterocycles. The summed E-state index contributed by atoms with van der Waals surface area (Å²) in [4.78, 5) is 25.4. The van der Waals surface area contributed by atoms with E-state index in [0.29, 0.717) is 12.8 Å². The molecule has 6 unspecified atom stereocenters. The van der Waals surface area contributed by atoms with E-state index in [2.05, 4.69) is 50.3 Å². The molecule has 0 amide bonds. The van der Waals surface area contributed by atoms with Crippen molar-refractivity contribution in [3.63, 3.8) is 0 Å². The van der Waals surface area contributed by atoms with Crippen molar-refractivity contribution in [2.45, 2.75) is 224 Å². The molecule has 0 radical (unpaired) electrons. The van der Waals surface area contributed by atoms with Gasteiger partial charge in [-0.1, -0.05) is 197 Å². The minimum Gasteiger partial charge on any atom is -0.462 e. The third-order valence-corrected chi connectivity index (χ3v) is 11.6. The van der Waals surface area contributed by atoms with Gasteiger partial charge in [0.25, 0.3) is 10.1 Å². The summed E-state index contributed by atoms with van der Waals surface area (Å²) < 4.78 is 54.0. The standard InChI is InChI=1S/C50H86O12S/c1-3-5-7-9-11-13-15-17-19-20-21-22-23-25-26-28-30-32-34-36-38-45(51)59-40-43(41-60-50-49(55)48(54)47(53)44(62-50)42-63(56,57)58)61-46(52)39-37-35-33-31-29-27-24-18-16-14-12-10-8-6-4-2/h6,8,12,14,18,24,29,31,35,37,43-44,47-50,53-55H,3-5,7,9-11,13,15-17,19-23,25-28,30,32-34,36,38-42H2,1-2H3,(H,56,57,58)/b8-6-,14-12-,24-18-,31-29-,37-35-. The molecule has 1 saturated heterocycles. The molecule has 0 saturated carbocycles. The zero-order valence-corrected chi connectivity index (χ0v) is 39.7. The third kappa shape index (κ3) is 34.4. The van der Waals surface area contributed by atoms with Crippen molar-refractivity contribution in [2.75, 3.05) is 19.0 Å². The molecule has 13 heteroatoms. The third-order valence-electron chi connectivity index (χ3n) is 10.9. The molecule has 4 N–H and O–H groups in total. The van der Waals surface area contributed by atoms with E-state index in [4.69, 9.17) is 18.9 Å². The van der Waals surface area contributed by atoms with Gasteiger partial charge in [-0.3, -0.25) is 14.1 Å². The summed E-state index contributed by atoms with van der Waals surface area (Å²) in [6, 6.07) is 0. The van der Waals surface area contributed by atoms with Crippen molar-refractivity contribution in [2.24, 2.45) is 0 Å². The first-order valence-corrected chi connectivity index (χ1v) is 26.0. The molecule has 12 nitrogen and oxygen atoms in total. The quantitative estimate of drug-likeness (QED) is 0.0198. The molecule has 0 spiro atoms. The Bertz CT molecular complexity index is 1390. The van der Waals surface area contributed by atoms with Crippen molar-refractivity contribution in [1.29, 1.82) is 0 Å². The Morgan fingerprint density at radius 1 is 0.556 bits per heavy atom. The van der Waals surface area contributed by atoms with Gasteiger partial charge in [-0.15, -0.1) is 0 Å². The Kier molecular flexibility index (Phi) is 36.8. The molecular weight excluding hydrogens is 825 g/mol. The van der Waals surface area contributed by atoms with Gasteiger partial charge < -0.3 is 34.3 Å². The fourth-order valence-corrected chi connectivity index (χ4v) is 7.86. The van der Waals surface area contributed by atoms with E-state index in [1.54, 1.807) is 6.08 Å². The van der Waals surface area contributed by atoms with Gasteiger partial charge in [0.05, 0.1) is 13.0 Å². The second-order valence-corrected chi connectivity index (χ2v) is 18.3. The molecule has 6 atom stereocenters. The lowest BCUT2D eigenvalue weighted by Gasteiger charge is -2.40. The number of aliphatic hydroxyl groups excluding tert-OH is 3. The molecular formula is C50H86O12S. The van der Waals surface area contributed by atoms with Crippen molar-refractivity contribution < 1.29 is 56.8 Å². The van der Waals surface area contributed by atoms with E-state index >= 15 is 0 Å². The van der Waals surface area contributed by atoms with Crippen LogP contribution in [0.25, 0.3) is 0 Å². The van der Waals surface area contributed by atoms with Crippen LogP contribution >= 0.6 is 0 Å². The summed E-state index contributed by atoms with van der Waals surface area (Å²) in [6.07, 6.45) is 40.1. The van der Waals surface area contributed by atoms with Gasteiger partial charge in [0, 0.05) is 6.42 Å². The summed E-state index contributed by atoms with van der Waals surface area (Å²) in [5.41, 5.74) is 0. The Balaban J connectivity index is 2.43. The second kappa shape index (κ2) is 39.7. The first kappa shape index (κ1) is 58.4. The van der Waals surface area contributed by atoms with E-state index in [1.807, 2.05) is 18.2 Å². The van der Waals surface area contributed by atoms with Gasteiger partial charge in [-0.2, -0.15) is 8.42 Å². The number of aliphatic hydroxyl groups is 3. The number of unbranched alkanes of at least 4 members (excludes halogenated alkanes) is 19. The summed E-state index contributed by atoms with van der Waals surface area (Å²) in [7, 11) is -4.62. The zero-order valence-electron chi connectivity index (χ0n) is 38.9. The number of hydrogen-bond acceptors (Lipinski definition) is 11. The number of carbonyl (C=O) groups is 2. The number of carbonyl (C=O) groups excluding carboxylic acids is 2. The first-order valence-electron chi connectivity index (χ1n) is 24.3. The predicted molar refractivity (Wildman–Crippen MR) is 252 cm³/mol. The topological polar surface area (TPSA) is 186 Å². The van der Waals surface area contributed by atoms with Crippen molar-refractivity contribution in [3.8, 4) is 0 Å². The lowest BCUT2D eigenvalue weighted by molar-refractivity contribution is -0.297. The van der Waals surface area contributed by atoms with E-state index in [9.17, 15) is 37.9 Å². The SMILES string of the molecule is CC/C=C\C/C=C\C/C=C\C/C=C\C/C=C\CC(=O)OC(COC(=O)CCCCCCCCCCCCCCCCCCCCCC)COC1OC(CS(=O)(=O)O)C(O)C(O)C1O. The molecule has 1 aliphatic rings. The molecule has 1 fully saturated rings. The minimum atomic E-state index is -4.62. The maximum absolute atomic E-state index is 12.8. The first-order chi connectivity index (χ1) is 30.5. The van der Waals surface area contributed by atoms with E-state index in [-0.39, 0.29) is 19.4 Å². The molecule has 0 aromatic heterocycles. The van der Waals surface area contributed by atoms with Crippen LogP contribution in [0.5, 0.6) is 0 Å². The van der Waals surface area contributed by atoms with E-state index < -0.39 is 71.2 Å². The number of hydrogen-bond donors (Lipinski definition) is 4. The van der Waals surface area contributed by atoms with Crippen molar-refractivity contribution >= 4 is 22.1 Å². The smallest absolute Gasteiger partial charge is 0.310 e. The lowest BCUT2D eigenvalue weighted by atomic mass is 10.00. The van der Waals surface area contributed by atoms with Crippen molar-refractivity contribution in [3.05, 3.63) is 60.8 Å². The van der Waals surface area contributed by atoms with Crippen LogP contribution in [0.4, 0.5) is 0 Å². The van der Waals surface area contributed by atoms with Gasteiger partial charge in [0.1, 0.15) is 36.8 Å². The summed E-state index contributed by atoms with van der Waals surface area (Å²) in [6.45, 7) is 3.58.